The number of amides is 1. The molecule has 0 unspecified atom stereocenters. The number of hydrogen-bond donors (Lipinski definition) is 0. The molecule has 0 atom stereocenters. The summed E-state index contributed by atoms with van der Waals surface area (Å²) < 4.78 is 27.3. The van der Waals surface area contributed by atoms with Crippen molar-refractivity contribution in [1.29, 1.82) is 0 Å². The van der Waals surface area contributed by atoms with Gasteiger partial charge in [0.2, 0.25) is 0 Å². The second kappa shape index (κ2) is 4.75. The van der Waals surface area contributed by atoms with E-state index < -0.39 is 23.3 Å². The number of benzene rings is 1. The Hall–Kier alpha value is -1.60. The third-order valence-corrected chi connectivity index (χ3v) is 4.63. The summed E-state index contributed by atoms with van der Waals surface area (Å²) in [5.41, 5.74) is 0.0212. The largest absolute Gasteiger partial charge is 0.299 e. The molecule has 2 aromatic rings. The number of ketones is 1. The number of thiophene rings is 1. The quantitative estimate of drug-likeness (QED) is 0.771. The van der Waals surface area contributed by atoms with Crippen molar-refractivity contribution in [1.82, 2.24) is 0 Å². The van der Waals surface area contributed by atoms with Crippen LogP contribution >= 0.6 is 27.3 Å². The minimum atomic E-state index is -1.13. The molecule has 0 saturated carbocycles. The number of Topliss-reactive ketones (excluding diaryl/α,β-unsaturated/α-hetero) is 1. The Labute approximate surface area is 124 Å². The molecule has 1 aliphatic rings. The lowest BCUT2D eigenvalue weighted by atomic mass is 10.1. The second-order valence-electron chi connectivity index (χ2n) is 4.24. The summed E-state index contributed by atoms with van der Waals surface area (Å²) in [4.78, 5) is 25.7. The van der Waals surface area contributed by atoms with Gasteiger partial charge < -0.3 is 0 Å². The molecular formula is C13H6BrF2NO2S. The molecule has 0 fully saturated rings. The van der Waals surface area contributed by atoms with Gasteiger partial charge in [-0.15, -0.1) is 11.3 Å². The molecular weight excluding hydrogens is 352 g/mol. The van der Waals surface area contributed by atoms with Gasteiger partial charge in [-0.2, -0.15) is 0 Å². The highest BCUT2D eigenvalue weighted by Crippen LogP contribution is 2.33. The van der Waals surface area contributed by atoms with E-state index >= 15 is 0 Å². The SMILES string of the molecule is O=C1C(=O)N(Cc2cc(Br)cs2)c2cc(F)c(F)cc21. The molecule has 1 aromatic heterocycles. The van der Waals surface area contributed by atoms with E-state index in [0.717, 1.165) is 21.5 Å². The Morgan fingerprint density at radius 1 is 1.15 bits per heavy atom. The van der Waals surface area contributed by atoms with E-state index in [1.54, 1.807) is 6.07 Å². The van der Waals surface area contributed by atoms with Gasteiger partial charge in [0.05, 0.1) is 17.8 Å². The lowest BCUT2D eigenvalue weighted by Crippen LogP contribution is -2.28. The first kappa shape index (κ1) is 13.4. The lowest BCUT2D eigenvalue weighted by Gasteiger charge is -2.15. The first-order chi connectivity index (χ1) is 9.47. The van der Waals surface area contributed by atoms with Crippen LogP contribution in [-0.2, 0) is 11.3 Å². The number of fused-ring (bicyclic) bond motifs is 1. The summed E-state index contributed by atoms with van der Waals surface area (Å²) in [6, 6.07) is 3.46. The van der Waals surface area contributed by atoms with Crippen molar-refractivity contribution < 1.29 is 18.4 Å². The first-order valence-corrected chi connectivity index (χ1v) is 7.23. The fourth-order valence-electron chi connectivity index (χ4n) is 2.04. The normalized spacial score (nSPS) is 14.1. The molecule has 0 radical (unpaired) electrons. The number of carbonyl (C=O) groups excluding carboxylic acids is 2. The topological polar surface area (TPSA) is 37.4 Å². The Bertz CT molecular complexity index is 744. The molecule has 3 rings (SSSR count). The van der Waals surface area contributed by atoms with Crippen molar-refractivity contribution >= 4 is 44.6 Å². The molecule has 0 spiro atoms. The fourth-order valence-corrected chi connectivity index (χ4v) is 3.48. The monoisotopic (exact) mass is 357 g/mol. The van der Waals surface area contributed by atoms with E-state index in [9.17, 15) is 18.4 Å². The Kier molecular flexibility index (Phi) is 3.18. The van der Waals surface area contributed by atoms with Crippen LogP contribution in [0.1, 0.15) is 15.2 Å². The highest BCUT2D eigenvalue weighted by molar-refractivity contribution is 9.10. The zero-order valence-corrected chi connectivity index (χ0v) is 12.2. The van der Waals surface area contributed by atoms with Crippen LogP contribution in [0.5, 0.6) is 0 Å². The Morgan fingerprint density at radius 2 is 1.85 bits per heavy atom. The second-order valence-corrected chi connectivity index (χ2v) is 6.15. The summed E-state index contributed by atoms with van der Waals surface area (Å²) in [5.74, 6) is -3.79. The molecule has 2 heterocycles. The predicted octanol–water partition coefficient (Wildman–Crippen LogP) is 3.52. The maximum atomic E-state index is 13.3. The standard InChI is InChI=1S/C13H6BrF2NO2S/c14-6-1-7(20-5-6)4-17-11-3-10(16)9(15)2-8(11)12(18)13(17)19/h1-3,5H,4H2. The number of nitrogens with zero attached hydrogens (tertiary/aromatic N) is 1. The van der Waals surface area contributed by atoms with E-state index in [4.69, 9.17) is 0 Å². The maximum absolute atomic E-state index is 13.3. The summed E-state index contributed by atoms with van der Waals surface area (Å²) in [6.45, 7) is 0.152. The molecule has 7 heteroatoms. The summed E-state index contributed by atoms with van der Waals surface area (Å²) in [6.07, 6.45) is 0. The van der Waals surface area contributed by atoms with Crippen molar-refractivity contribution in [2.75, 3.05) is 4.90 Å². The highest BCUT2D eigenvalue weighted by atomic mass is 79.9. The number of anilines is 1. The summed E-state index contributed by atoms with van der Waals surface area (Å²) in [5, 5.41) is 1.84. The molecule has 1 aliphatic heterocycles. The highest BCUT2D eigenvalue weighted by Gasteiger charge is 2.37. The van der Waals surface area contributed by atoms with Crippen molar-refractivity contribution in [2.24, 2.45) is 0 Å². The van der Waals surface area contributed by atoms with Gasteiger partial charge in [0.15, 0.2) is 11.6 Å². The summed E-state index contributed by atoms with van der Waals surface area (Å²) >= 11 is 4.69. The zero-order chi connectivity index (χ0) is 14.4. The van der Waals surface area contributed by atoms with Crippen LogP contribution in [0.4, 0.5) is 14.5 Å². The average Bonchev–Trinajstić information content (AvgIpc) is 2.90. The first-order valence-electron chi connectivity index (χ1n) is 5.55. The maximum Gasteiger partial charge on any atom is 0.299 e. The lowest BCUT2D eigenvalue weighted by molar-refractivity contribution is -0.114. The average molecular weight is 358 g/mol. The molecule has 0 aliphatic carbocycles. The van der Waals surface area contributed by atoms with Crippen LogP contribution in [0.3, 0.4) is 0 Å². The predicted molar refractivity (Wildman–Crippen MR) is 73.9 cm³/mol. The van der Waals surface area contributed by atoms with Crippen LogP contribution in [-0.4, -0.2) is 11.7 Å². The fraction of sp³-hybridized carbons (Fsp3) is 0.0769. The zero-order valence-electron chi connectivity index (χ0n) is 9.82. The molecule has 1 aromatic carbocycles. The van der Waals surface area contributed by atoms with Crippen LogP contribution in [0.15, 0.2) is 28.1 Å². The van der Waals surface area contributed by atoms with E-state index in [1.807, 2.05) is 5.38 Å². The van der Waals surface area contributed by atoms with Crippen molar-refractivity contribution in [3.63, 3.8) is 0 Å². The van der Waals surface area contributed by atoms with Gasteiger partial charge in [-0.05, 0) is 28.1 Å². The van der Waals surface area contributed by atoms with Crippen molar-refractivity contribution in [2.45, 2.75) is 6.54 Å². The third-order valence-electron chi connectivity index (χ3n) is 2.95. The van der Waals surface area contributed by atoms with Gasteiger partial charge in [-0.1, -0.05) is 0 Å². The van der Waals surface area contributed by atoms with Crippen molar-refractivity contribution in [3.8, 4) is 0 Å². The summed E-state index contributed by atoms with van der Waals surface area (Å²) in [7, 11) is 0. The van der Waals surface area contributed by atoms with Gasteiger partial charge in [0.25, 0.3) is 11.7 Å². The van der Waals surface area contributed by atoms with E-state index in [0.29, 0.717) is 0 Å². The van der Waals surface area contributed by atoms with E-state index in [1.165, 1.54) is 16.2 Å². The van der Waals surface area contributed by atoms with Crippen LogP contribution in [0.2, 0.25) is 0 Å². The van der Waals surface area contributed by atoms with Gasteiger partial charge in [0, 0.05) is 20.8 Å². The molecule has 0 bridgehead atoms. The number of halogens is 3. The van der Waals surface area contributed by atoms with E-state index in [2.05, 4.69) is 15.9 Å². The van der Waals surface area contributed by atoms with Crippen molar-refractivity contribution in [3.05, 3.63) is 50.1 Å². The van der Waals surface area contributed by atoms with Gasteiger partial charge in [0.1, 0.15) is 0 Å². The molecule has 0 saturated heterocycles. The van der Waals surface area contributed by atoms with Crippen LogP contribution in [0, 0.1) is 11.6 Å². The van der Waals surface area contributed by atoms with Crippen LogP contribution in [0.25, 0.3) is 0 Å². The number of rotatable bonds is 2. The third kappa shape index (κ3) is 2.06. The smallest absolute Gasteiger partial charge is 0.299 e. The molecule has 0 N–H and O–H groups in total. The minimum absolute atomic E-state index is 0.0930. The molecule has 1 amide bonds. The Morgan fingerprint density at radius 3 is 2.50 bits per heavy atom. The van der Waals surface area contributed by atoms with Gasteiger partial charge in [-0.25, -0.2) is 8.78 Å². The van der Waals surface area contributed by atoms with Gasteiger partial charge >= 0.3 is 0 Å². The van der Waals surface area contributed by atoms with E-state index in [-0.39, 0.29) is 17.8 Å². The minimum Gasteiger partial charge on any atom is -0.299 e. The van der Waals surface area contributed by atoms with Crippen LogP contribution < -0.4 is 4.90 Å². The number of carbonyl (C=O) groups is 2. The molecule has 20 heavy (non-hydrogen) atoms. The Balaban J connectivity index is 2.03. The van der Waals surface area contributed by atoms with Gasteiger partial charge in [-0.3, -0.25) is 14.5 Å². The molecule has 102 valence electrons. The number of hydrogen-bond acceptors (Lipinski definition) is 3. The molecule has 3 nitrogen and oxygen atoms in total.